The van der Waals surface area contributed by atoms with Gasteiger partial charge in [0.2, 0.25) is 11.8 Å². The second kappa shape index (κ2) is 6.21. The molecule has 17 heavy (non-hydrogen) atoms. The molecule has 0 aromatic rings. The zero-order valence-electron chi connectivity index (χ0n) is 9.89. The van der Waals surface area contributed by atoms with Crippen molar-refractivity contribution in [3.63, 3.8) is 0 Å². The van der Waals surface area contributed by atoms with E-state index in [0.29, 0.717) is 19.6 Å². The predicted octanol–water partition coefficient (Wildman–Crippen LogP) is -0.361. The summed E-state index contributed by atoms with van der Waals surface area (Å²) in [4.78, 5) is 24.6. The summed E-state index contributed by atoms with van der Waals surface area (Å²) in [6.07, 6.45) is 1.24. The maximum Gasteiger partial charge on any atom is 0.242 e. The monoisotopic (exact) mass is 239 g/mol. The lowest BCUT2D eigenvalue weighted by Crippen LogP contribution is -2.56. The number of morpholine rings is 1. The van der Waals surface area contributed by atoms with Crippen molar-refractivity contribution in [3.8, 4) is 6.07 Å². The van der Waals surface area contributed by atoms with Gasteiger partial charge in [0.25, 0.3) is 0 Å². The van der Waals surface area contributed by atoms with Gasteiger partial charge in [-0.3, -0.25) is 9.59 Å². The minimum atomic E-state index is -0.746. The molecule has 94 valence electrons. The second-order valence-corrected chi connectivity index (χ2v) is 4.00. The average Bonchev–Trinajstić information content (AvgIpc) is 2.35. The molecule has 2 N–H and O–H groups in total. The summed E-state index contributed by atoms with van der Waals surface area (Å²) in [7, 11) is 0. The van der Waals surface area contributed by atoms with E-state index in [0.717, 1.165) is 6.42 Å². The number of carbonyl (C=O) groups excluding carboxylic acids is 2. The van der Waals surface area contributed by atoms with Crippen molar-refractivity contribution < 1.29 is 14.3 Å². The summed E-state index contributed by atoms with van der Waals surface area (Å²) in [5.41, 5.74) is 5.22. The summed E-state index contributed by atoms with van der Waals surface area (Å²) in [5, 5.41) is 8.94. The van der Waals surface area contributed by atoms with Gasteiger partial charge in [-0.1, -0.05) is 13.3 Å². The minimum Gasteiger partial charge on any atom is -0.377 e. The number of hydrogen-bond donors (Lipinski definition) is 1. The standard InChI is InChI=1S/C11H17N3O3/c1-2-3-8(6-12)11(16)14-4-5-17-7-9(14)10(13)15/h8-9H,2-5,7H2,1H3,(H2,13,15). The van der Waals surface area contributed by atoms with Gasteiger partial charge in [0, 0.05) is 6.54 Å². The number of rotatable bonds is 4. The highest BCUT2D eigenvalue weighted by Gasteiger charge is 2.34. The Kier molecular flexibility index (Phi) is 4.91. The molecule has 6 nitrogen and oxygen atoms in total. The summed E-state index contributed by atoms with van der Waals surface area (Å²) in [5.74, 6) is -1.60. The fraction of sp³-hybridized carbons (Fsp3) is 0.727. The number of nitrogens with zero attached hydrogens (tertiary/aromatic N) is 2. The summed E-state index contributed by atoms with van der Waals surface area (Å²) in [6.45, 7) is 2.71. The lowest BCUT2D eigenvalue weighted by molar-refractivity contribution is -0.149. The lowest BCUT2D eigenvalue weighted by atomic mass is 10.0. The van der Waals surface area contributed by atoms with Crippen LogP contribution in [-0.4, -0.2) is 42.5 Å². The Labute approximate surface area is 100 Å². The van der Waals surface area contributed by atoms with E-state index < -0.39 is 17.9 Å². The van der Waals surface area contributed by atoms with Crippen molar-refractivity contribution in [1.29, 1.82) is 5.26 Å². The smallest absolute Gasteiger partial charge is 0.242 e. The maximum absolute atomic E-state index is 12.1. The number of carbonyl (C=O) groups is 2. The Hall–Kier alpha value is -1.61. The van der Waals surface area contributed by atoms with Gasteiger partial charge in [0.1, 0.15) is 12.0 Å². The van der Waals surface area contributed by atoms with Crippen LogP contribution in [0.5, 0.6) is 0 Å². The highest BCUT2D eigenvalue weighted by molar-refractivity contribution is 5.89. The van der Waals surface area contributed by atoms with Crippen molar-refractivity contribution in [1.82, 2.24) is 4.90 Å². The molecule has 1 fully saturated rings. The Balaban J connectivity index is 2.77. The van der Waals surface area contributed by atoms with Gasteiger partial charge < -0.3 is 15.4 Å². The van der Waals surface area contributed by atoms with E-state index in [1.807, 2.05) is 13.0 Å². The molecule has 0 spiro atoms. The molecule has 1 saturated heterocycles. The van der Waals surface area contributed by atoms with Crippen LogP contribution >= 0.6 is 0 Å². The molecule has 1 aliphatic rings. The van der Waals surface area contributed by atoms with Crippen LogP contribution in [0.1, 0.15) is 19.8 Å². The number of hydrogen-bond acceptors (Lipinski definition) is 4. The first kappa shape index (κ1) is 13.5. The van der Waals surface area contributed by atoms with E-state index >= 15 is 0 Å². The Morgan fingerprint density at radius 3 is 2.88 bits per heavy atom. The Morgan fingerprint density at radius 2 is 2.35 bits per heavy atom. The van der Waals surface area contributed by atoms with Crippen molar-refractivity contribution in [2.75, 3.05) is 19.8 Å². The third-order valence-electron chi connectivity index (χ3n) is 2.77. The molecule has 0 aromatic carbocycles. The Morgan fingerprint density at radius 1 is 1.65 bits per heavy atom. The highest BCUT2D eigenvalue weighted by atomic mass is 16.5. The van der Waals surface area contributed by atoms with E-state index in [2.05, 4.69) is 0 Å². The normalized spacial score (nSPS) is 21.6. The highest BCUT2D eigenvalue weighted by Crippen LogP contribution is 2.15. The molecule has 0 bridgehead atoms. The fourth-order valence-corrected chi connectivity index (χ4v) is 1.84. The van der Waals surface area contributed by atoms with Gasteiger partial charge in [-0.05, 0) is 6.42 Å². The minimum absolute atomic E-state index is 0.116. The number of nitriles is 1. The molecular formula is C11H17N3O3. The molecule has 0 aromatic heterocycles. The van der Waals surface area contributed by atoms with Crippen LogP contribution in [0.4, 0.5) is 0 Å². The molecule has 0 aliphatic carbocycles. The molecule has 2 amide bonds. The first-order valence-electron chi connectivity index (χ1n) is 5.69. The summed E-state index contributed by atoms with van der Waals surface area (Å²) in [6, 6.07) is 1.23. The van der Waals surface area contributed by atoms with Crippen LogP contribution < -0.4 is 5.73 Å². The number of ether oxygens (including phenoxy) is 1. The zero-order chi connectivity index (χ0) is 12.8. The first-order valence-corrected chi connectivity index (χ1v) is 5.69. The van der Waals surface area contributed by atoms with Crippen LogP contribution in [-0.2, 0) is 14.3 Å². The third kappa shape index (κ3) is 3.17. The predicted molar refractivity (Wildman–Crippen MR) is 59.5 cm³/mol. The van der Waals surface area contributed by atoms with Crippen LogP contribution in [0.3, 0.4) is 0 Å². The molecule has 1 rings (SSSR count). The van der Waals surface area contributed by atoms with Crippen molar-refractivity contribution in [2.24, 2.45) is 11.7 Å². The molecular weight excluding hydrogens is 222 g/mol. The molecule has 2 atom stereocenters. The molecule has 1 heterocycles. The van der Waals surface area contributed by atoms with Gasteiger partial charge in [-0.15, -0.1) is 0 Å². The molecule has 1 aliphatic heterocycles. The van der Waals surface area contributed by atoms with E-state index in [-0.39, 0.29) is 12.5 Å². The third-order valence-corrected chi connectivity index (χ3v) is 2.77. The van der Waals surface area contributed by atoms with E-state index in [9.17, 15) is 9.59 Å². The molecule has 6 heteroatoms. The summed E-state index contributed by atoms with van der Waals surface area (Å²) >= 11 is 0. The Bertz CT molecular complexity index is 337. The van der Waals surface area contributed by atoms with Crippen molar-refractivity contribution >= 4 is 11.8 Å². The van der Waals surface area contributed by atoms with Gasteiger partial charge in [-0.25, -0.2) is 0 Å². The number of amides is 2. The van der Waals surface area contributed by atoms with Gasteiger partial charge in [-0.2, -0.15) is 5.26 Å². The van der Waals surface area contributed by atoms with Crippen molar-refractivity contribution in [2.45, 2.75) is 25.8 Å². The van der Waals surface area contributed by atoms with E-state index in [4.69, 9.17) is 15.7 Å². The first-order chi connectivity index (χ1) is 8.11. The number of primary amides is 1. The SMILES string of the molecule is CCCC(C#N)C(=O)N1CCOCC1C(N)=O. The van der Waals surface area contributed by atoms with Gasteiger partial charge in [0.05, 0.1) is 19.3 Å². The molecule has 0 radical (unpaired) electrons. The fourth-order valence-electron chi connectivity index (χ4n) is 1.84. The quantitative estimate of drug-likeness (QED) is 0.724. The lowest BCUT2D eigenvalue weighted by Gasteiger charge is -2.34. The van der Waals surface area contributed by atoms with E-state index in [1.165, 1.54) is 4.90 Å². The summed E-state index contributed by atoms with van der Waals surface area (Å²) < 4.78 is 5.12. The van der Waals surface area contributed by atoms with Crippen LogP contribution in [0.15, 0.2) is 0 Å². The van der Waals surface area contributed by atoms with Crippen LogP contribution in [0, 0.1) is 17.2 Å². The van der Waals surface area contributed by atoms with Gasteiger partial charge in [0.15, 0.2) is 0 Å². The maximum atomic E-state index is 12.1. The molecule has 0 saturated carbocycles. The van der Waals surface area contributed by atoms with Crippen molar-refractivity contribution in [3.05, 3.63) is 0 Å². The zero-order valence-corrected chi connectivity index (χ0v) is 9.89. The largest absolute Gasteiger partial charge is 0.377 e. The molecule has 2 unspecified atom stereocenters. The average molecular weight is 239 g/mol. The van der Waals surface area contributed by atoms with Gasteiger partial charge >= 0.3 is 0 Å². The van der Waals surface area contributed by atoms with Crippen LogP contribution in [0.25, 0.3) is 0 Å². The number of nitrogens with two attached hydrogens (primary N) is 1. The second-order valence-electron chi connectivity index (χ2n) is 4.00. The van der Waals surface area contributed by atoms with E-state index in [1.54, 1.807) is 0 Å². The van der Waals surface area contributed by atoms with Crippen LogP contribution in [0.2, 0.25) is 0 Å². The topological polar surface area (TPSA) is 96.4 Å².